The van der Waals surface area contributed by atoms with E-state index in [2.05, 4.69) is 26.2 Å². The maximum absolute atomic E-state index is 12.4. The molecule has 0 fully saturated rings. The number of nitrogens with zero attached hydrogens (tertiary/aromatic N) is 1. The van der Waals surface area contributed by atoms with Crippen molar-refractivity contribution in [1.29, 1.82) is 0 Å². The van der Waals surface area contributed by atoms with Gasteiger partial charge >= 0.3 is 0 Å². The summed E-state index contributed by atoms with van der Waals surface area (Å²) in [7, 11) is 0. The zero-order valence-corrected chi connectivity index (χ0v) is 17.6. The number of aromatic nitrogens is 1. The van der Waals surface area contributed by atoms with Crippen molar-refractivity contribution in [2.24, 2.45) is 0 Å². The molecule has 0 aliphatic carbocycles. The number of halogens is 2. The fourth-order valence-electron chi connectivity index (χ4n) is 2.66. The SMILES string of the molecule is O=C(COc1ccc(Br)cc1)Nc1ccc(Cl)cc1-c1nc2ccccc2s1. The first-order chi connectivity index (χ1) is 13.6. The lowest BCUT2D eigenvalue weighted by atomic mass is 10.2. The Morgan fingerprint density at radius 3 is 2.68 bits per heavy atom. The largest absolute Gasteiger partial charge is 0.484 e. The van der Waals surface area contributed by atoms with Gasteiger partial charge in [0.05, 0.1) is 15.9 Å². The number of nitrogens with one attached hydrogen (secondary N) is 1. The van der Waals surface area contributed by atoms with E-state index in [1.165, 1.54) is 0 Å². The molecule has 0 bridgehead atoms. The molecule has 1 heterocycles. The summed E-state index contributed by atoms with van der Waals surface area (Å²) < 4.78 is 7.57. The summed E-state index contributed by atoms with van der Waals surface area (Å²) in [5.74, 6) is 0.369. The molecule has 4 nitrogen and oxygen atoms in total. The first-order valence-corrected chi connectivity index (χ1v) is 10.4. The summed E-state index contributed by atoms with van der Waals surface area (Å²) in [4.78, 5) is 17.1. The van der Waals surface area contributed by atoms with Gasteiger partial charge in [0, 0.05) is 15.1 Å². The van der Waals surface area contributed by atoms with Crippen molar-refractivity contribution in [1.82, 2.24) is 4.98 Å². The molecule has 140 valence electrons. The number of ether oxygens (including phenoxy) is 1. The lowest BCUT2D eigenvalue weighted by Crippen LogP contribution is -2.20. The lowest BCUT2D eigenvalue weighted by molar-refractivity contribution is -0.118. The Hall–Kier alpha value is -2.41. The molecule has 4 aromatic rings. The van der Waals surface area contributed by atoms with Gasteiger partial charge in [0.2, 0.25) is 0 Å². The molecular formula is C21H14BrClN2O2S. The third-order valence-electron chi connectivity index (χ3n) is 3.96. The highest BCUT2D eigenvalue weighted by molar-refractivity contribution is 9.10. The summed E-state index contributed by atoms with van der Waals surface area (Å²) in [5.41, 5.74) is 2.34. The topological polar surface area (TPSA) is 51.2 Å². The minimum atomic E-state index is -0.257. The van der Waals surface area contributed by atoms with Gasteiger partial charge in [-0.2, -0.15) is 0 Å². The number of carbonyl (C=O) groups is 1. The van der Waals surface area contributed by atoms with Crippen LogP contribution in [0.4, 0.5) is 5.69 Å². The number of hydrogen-bond donors (Lipinski definition) is 1. The normalized spacial score (nSPS) is 10.8. The minimum Gasteiger partial charge on any atom is -0.484 e. The quantitative estimate of drug-likeness (QED) is 0.365. The summed E-state index contributed by atoms with van der Waals surface area (Å²) in [6.45, 7) is -0.0937. The molecule has 0 saturated carbocycles. The fourth-order valence-corrected chi connectivity index (χ4v) is 4.09. The third-order valence-corrected chi connectivity index (χ3v) is 5.80. The second-order valence-corrected chi connectivity index (χ2v) is 8.35. The average molecular weight is 474 g/mol. The van der Waals surface area contributed by atoms with E-state index >= 15 is 0 Å². The van der Waals surface area contributed by atoms with Crippen LogP contribution in [0.25, 0.3) is 20.8 Å². The monoisotopic (exact) mass is 472 g/mol. The van der Waals surface area contributed by atoms with Gasteiger partial charge in [-0.15, -0.1) is 11.3 Å². The molecular weight excluding hydrogens is 460 g/mol. The van der Waals surface area contributed by atoms with Crippen molar-refractivity contribution in [3.63, 3.8) is 0 Å². The van der Waals surface area contributed by atoms with Crippen LogP contribution in [0, 0.1) is 0 Å². The van der Waals surface area contributed by atoms with Crippen molar-refractivity contribution in [3.05, 3.63) is 76.2 Å². The average Bonchev–Trinajstić information content (AvgIpc) is 3.13. The van der Waals surface area contributed by atoms with Crippen LogP contribution in [-0.4, -0.2) is 17.5 Å². The second kappa shape index (κ2) is 8.31. The van der Waals surface area contributed by atoms with E-state index < -0.39 is 0 Å². The van der Waals surface area contributed by atoms with Crippen LogP contribution in [0.2, 0.25) is 5.02 Å². The summed E-state index contributed by atoms with van der Waals surface area (Å²) >= 11 is 11.1. The smallest absolute Gasteiger partial charge is 0.262 e. The molecule has 4 rings (SSSR count). The molecule has 1 amide bonds. The highest BCUT2D eigenvalue weighted by Crippen LogP contribution is 2.36. The van der Waals surface area contributed by atoms with E-state index in [4.69, 9.17) is 16.3 Å². The number of fused-ring (bicyclic) bond motifs is 1. The second-order valence-electron chi connectivity index (χ2n) is 5.97. The van der Waals surface area contributed by atoms with Crippen molar-refractivity contribution < 1.29 is 9.53 Å². The Labute approximate surface area is 179 Å². The molecule has 0 aliphatic rings. The fraction of sp³-hybridized carbons (Fsp3) is 0.0476. The number of para-hydroxylation sites is 1. The Balaban J connectivity index is 1.54. The van der Waals surface area contributed by atoms with Gasteiger partial charge in [-0.25, -0.2) is 4.98 Å². The molecule has 0 saturated heterocycles. The Morgan fingerprint density at radius 1 is 1.11 bits per heavy atom. The van der Waals surface area contributed by atoms with Gasteiger partial charge in [0.15, 0.2) is 6.61 Å². The van der Waals surface area contributed by atoms with Crippen LogP contribution in [0.5, 0.6) is 5.75 Å². The lowest BCUT2D eigenvalue weighted by Gasteiger charge is -2.11. The van der Waals surface area contributed by atoms with Gasteiger partial charge in [0.25, 0.3) is 5.91 Å². The molecule has 1 N–H and O–H groups in total. The molecule has 7 heteroatoms. The molecule has 28 heavy (non-hydrogen) atoms. The van der Waals surface area contributed by atoms with Crippen LogP contribution >= 0.6 is 38.9 Å². The van der Waals surface area contributed by atoms with Crippen LogP contribution in [0.3, 0.4) is 0 Å². The molecule has 0 unspecified atom stereocenters. The first kappa shape index (κ1) is 18.9. The van der Waals surface area contributed by atoms with Crippen molar-refractivity contribution in [3.8, 4) is 16.3 Å². The maximum atomic E-state index is 12.4. The van der Waals surface area contributed by atoms with Crippen molar-refractivity contribution in [2.45, 2.75) is 0 Å². The third kappa shape index (κ3) is 4.35. The predicted molar refractivity (Wildman–Crippen MR) is 118 cm³/mol. The molecule has 0 aliphatic heterocycles. The highest BCUT2D eigenvalue weighted by Gasteiger charge is 2.14. The number of anilines is 1. The van der Waals surface area contributed by atoms with Gasteiger partial charge in [-0.05, 0) is 54.6 Å². The maximum Gasteiger partial charge on any atom is 0.262 e. The van der Waals surface area contributed by atoms with E-state index in [0.717, 1.165) is 25.3 Å². The molecule has 0 atom stereocenters. The number of benzene rings is 3. The standard InChI is InChI=1S/C21H14BrClN2O2S/c22-13-5-8-15(9-6-13)27-12-20(26)24-17-10-7-14(23)11-16(17)21-25-18-3-1-2-4-19(18)28-21/h1-11H,12H2,(H,24,26). The van der Waals surface area contributed by atoms with Crippen LogP contribution < -0.4 is 10.1 Å². The number of hydrogen-bond acceptors (Lipinski definition) is 4. The van der Waals surface area contributed by atoms with E-state index in [1.807, 2.05) is 42.5 Å². The Bertz CT molecular complexity index is 1110. The molecule has 0 spiro atoms. The van der Waals surface area contributed by atoms with Gasteiger partial charge in [0.1, 0.15) is 10.8 Å². The van der Waals surface area contributed by atoms with Crippen molar-refractivity contribution in [2.75, 3.05) is 11.9 Å². The van der Waals surface area contributed by atoms with Crippen LogP contribution in [0.15, 0.2) is 71.2 Å². The molecule has 3 aromatic carbocycles. The van der Waals surface area contributed by atoms with E-state index in [0.29, 0.717) is 16.5 Å². The van der Waals surface area contributed by atoms with E-state index in [-0.39, 0.29) is 12.5 Å². The molecule has 0 radical (unpaired) electrons. The van der Waals surface area contributed by atoms with Gasteiger partial charge < -0.3 is 10.1 Å². The summed E-state index contributed by atoms with van der Waals surface area (Å²) in [6, 6.07) is 20.6. The molecule has 1 aromatic heterocycles. The number of rotatable bonds is 5. The zero-order chi connectivity index (χ0) is 19.5. The van der Waals surface area contributed by atoms with E-state index in [1.54, 1.807) is 35.6 Å². The number of thiazole rings is 1. The van der Waals surface area contributed by atoms with Crippen LogP contribution in [0.1, 0.15) is 0 Å². The highest BCUT2D eigenvalue weighted by atomic mass is 79.9. The number of carbonyl (C=O) groups excluding carboxylic acids is 1. The predicted octanol–water partition coefficient (Wildman–Crippen LogP) is 6.40. The zero-order valence-electron chi connectivity index (χ0n) is 14.5. The summed E-state index contributed by atoms with van der Waals surface area (Å²) in [6.07, 6.45) is 0. The number of amides is 1. The first-order valence-electron chi connectivity index (χ1n) is 8.42. The van der Waals surface area contributed by atoms with Crippen molar-refractivity contribution >= 4 is 60.7 Å². The minimum absolute atomic E-state index is 0.0937. The van der Waals surface area contributed by atoms with E-state index in [9.17, 15) is 4.79 Å². The Morgan fingerprint density at radius 2 is 1.89 bits per heavy atom. The Kier molecular flexibility index (Phi) is 5.62. The summed E-state index contributed by atoms with van der Waals surface area (Å²) in [5, 5.41) is 4.28. The van der Waals surface area contributed by atoms with Gasteiger partial charge in [-0.3, -0.25) is 4.79 Å². The van der Waals surface area contributed by atoms with Gasteiger partial charge in [-0.1, -0.05) is 39.7 Å². The van der Waals surface area contributed by atoms with Crippen LogP contribution in [-0.2, 0) is 4.79 Å².